The van der Waals surface area contributed by atoms with Gasteiger partial charge in [0.2, 0.25) is 0 Å². The minimum Gasteiger partial charge on any atom is -0.357 e. The molecule has 26 heavy (non-hydrogen) atoms. The quantitative estimate of drug-likeness (QED) is 0.588. The first-order valence-corrected chi connectivity index (χ1v) is 9.35. The molecule has 6 nitrogen and oxygen atoms in total. The van der Waals surface area contributed by atoms with Gasteiger partial charge in [0.15, 0.2) is 5.96 Å². The first-order valence-electron chi connectivity index (χ1n) is 9.35. The molecule has 6 heteroatoms. The number of hydrogen-bond donors (Lipinski definition) is 2. The Kier molecular flexibility index (Phi) is 7.18. The fourth-order valence-corrected chi connectivity index (χ4v) is 2.54. The summed E-state index contributed by atoms with van der Waals surface area (Å²) < 4.78 is 1.89. The molecule has 2 rings (SSSR count). The van der Waals surface area contributed by atoms with E-state index in [9.17, 15) is 0 Å². The molecule has 142 valence electrons. The van der Waals surface area contributed by atoms with Crippen LogP contribution in [0.2, 0.25) is 0 Å². The average molecular weight is 357 g/mol. The summed E-state index contributed by atoms with van der Waals surface area (Å²) in [5, 5.41) is 6.84. The monoisotopic (exact) mass is 356 g/mol. The Morgan fingerprint density at radius 1 is 1.31 bits per heavy atom. The third-order valence-corrected chi connectivity index (χ3v) is 4.05. The van der Waals surface area contributed by atoms with Gasteiger partial charge in [0.1, 0.15) is 12.1 Å². The van der Waals surface area contributed by atoms with Crippen LogP contribution in [0.15, 0.2) is 42.0 Å². The van der Waals surface area contributed by atoms with Gasteiger partial charge in [0, 0.05) is 31.2 Å². The molecule has 0 amide bonds. The van der Waals surface area contributed by atoms with Gasteiger partial charge in [-0.15, -0.1) is 0 Å². The van der Waals surface area contributed by atoms with Crippen molar-refractivity contribution in [2.45, 2.75) is 60.0 Å². The van der Waals surface area contributed by atoms with Gasteiger partial charge in [-0.25, -0.2) is 15.0 Å². The summed E-state index contributed by atoms with van der Waals surface area (Å²) in [5.41, 5.74) is 1.47. The lowest BCUT2D eigenvalue weighted by molar-refractivity contribution is 0.346. The Balaban J connectivity index is 1.99. The van der Waals surface area contributed by atoms with Crippen LogP contribution >= 0.6 is 0 Å². The van der Waals surface area contributed by atoms with Crippen LogP contribution in [0.1, 0.15) is 53.0 Å². The van der Waals surface area contributed by atoms with E-state index in [1.165, 1.54) is 6.42 Å². The van der Waals surface area contributed by atoms with Gasteiger partial charge in [-0.3, -0.25) is 4.57 Å². The van der Waals surface area contributed by atoms with Crippen LogP contribution in [0.4, 0.5) is 0 Å². The van der Waals surface area contributed by atoms with Crippen LogP contribution in [0.5, 0.6) is 0 Å². The topological polar surface area (TPSA) is 67.1 Å². The number of nitrogens with one attached hydrogen (secondary N) is 2. The molecule has 0 spiro atoms. The number of guanidine groups is 1. The second-order valence-corrected chi connectivity index (χ2v) is 7.83. The summed E-state index contributed by atoms with van der Waals surface area (Å²) in [7, 11) is 0. The summed E-state index contributed by atoms with van der Waals surface area (Å²) in [4.78, 5) is 13.2. The summed E-state index contributed by atoms with van der Waals surface area (Å²) in [5.74, 6) is 1.71. The van der Waals surface area contributed by atoms with Crippen LogP contribution in [0, 0.1) is 5.41 Å². The van der Waals surface area contributed by atoms with Crippen LogP contribution in [-0.4, -0.2) is 33.1 Å². The zero-order valence-corrected chi connectivity index (χ0v) is 16.7. The van der Waals surface area contributed by atoms with Gasteiger partial charge in [-0.05, 0) is 49.8 Å². The van der Waals surface area contributed by atoms with Crippen LogP contribution < -0.4 is 10.6 Å². The molecule has 2 aromatic heterocycles. The largest absolute Gasteiger partial charge is 0.357 e. The maximum absolute atomic E-state index is 4.73. The van der Waals surface area contributed by atoms with Crippen LogP contribution in [-0.2, 0) is 6.54 Å². The summed E-state index contributed by atoms with van der Waals surface area (Å²) in [6.07, 6.45) is 9.49. The molecule has 1 unspecified atom stereocenters. The molecule has 2 N–H and O–H groups in total. The van der Waals surface area contributed by atoms with Crippen molar-refractivity contribution in [2.24, 2.45) is 10.4 Å². The van der Waals surface area contributed by atoms with Crippen molar-refractivity contribution in [2.75, 3.05) is 6.54 Å². The Morgan fingerprint density at radius 2 is 2.12 bits per heavy atom. The van der Waals surface area contributed by atoms with Crippen molar-refractivity contribution >= 4 is 5.96 Å². The van der Waals surface area contributed by atoms with Crippen molar-refractivity contribution in [3.8, 4) is 5.82 Å². The number of hydrogen-bond acceptors (Lipinski definition) is 3. The predicted molar refractivity (Wildman–Crippen MR) is 107 cm³/mol. The highest BCUT2D eigenvalue weighted by molar-refractivity contribution is 5.80. The molecule has 0 fully saturated rings. The van der Waals surface area contributed by atoms with Crippen molar-refractivity contribution in [3.63, 3.8) is 0 Å². The number of nitrogens with zero attached hydrogens (tertiary/aromatic N) is 4. The second kappa shape index (κ2) is 9.36. The molecule has 0 bridgehead atoms. The van der Waals surface area contributed by atoms with Crippen molar-refractivity contribution in [3.05, 3.63) is 42.6 Å². The van der Waals surface area contributed by atoms with Crippen LogP contribution in [0.25, 0.3) is 5.82 Å². The summed E-state index contributed by atoms with van der Waals surface area (Å²) in [6, 6.07) is 4.42. The average Bonchev–Trinajstić information content (AvgIpc) is 3.12. The minimum absolute atomic E-state index is 0.353. The molecule has 0 aliphatic carbocycles. The van der Waals surface area contributed by atoms with E-state index in [2.05, 4.69) is 55.2 Å². The van der Waals surface area contributed by atoms with Gasteiger partial charge in [0.25, 0.3) is 0 Å². The predicted octanol–water partition coefficient (Wildman–Crippen LogP) is 3.54. The molecular weight excluding hydrogens is 324 g/mol. The van der Waals surface area contributed by atoms with Gasteiger partial charge in [-0.2, -0.15) is 0 Å². The van der Waals surface area contributed by atoms with Gasteiger partial charge in [-0.1, -0.05) is 20.8 Å². The highest BCUT2D eigenvalue weighted by atomic mass is 15.2. The number of pyridine rings is 1. The lowest BCUT2D eigenvalue weighted by Crippen LogP contribution is -2.42. The van der Waals surface area contributed by atoms with Crippen molar-refractivity contribution in [1.29, 1.82) is 0 Å². The Bertz CT molecular complexity index is 685. The van der Waals surface area contributed by atoms with E-state index >= 15 is 0 Å². The number of imidazole rings is 1. The Hall–Kier alpha value is -2.37. The van der Waals surface area contributed by atoms with E-state index in [4.69, 9.17) is 4.99 Å². The summed E-state index contributed by atoms with van der Waals surface area (Å²) in [6.45, 7) is 12.6. The molecule has 2 aromatic rings. The third-order valence-electron chi connectivity index (χ3n) is 4.05. The number of rotatable bonds is 7. The lowest BCUT2D eigenvalue weighted by Gasteiger charge is -2.23. The van der Waals surface area contributed by atoms with E-state index in [0.717, 1.165) is 30.3 Å². The van der Waals surface area contributed by atoms with E-state index in [0.29, 0.717) is 18.0 Å². The Morgan fingerprint density at radius 3 is 2.77 bits per heavy atom. The number of aromatic nitrogens is 3. The third kappa shape index (κ3) is 6.86. The zero-order chi connectivity index (χ0) is 19.0. The first-order chi connectivity index (χ1) is 12.4. The molecule has 0 aliphatic rings. The maximum atomic E-state index is 4.73. The standard InChI is InChI=1S/C20H32N6/c1-6-22-19(25-16(2)7-9-20(3,4)5)24-14-17-8-10-23-18(13-17)26-12-11-21-15-26/h8,10-13,15-16H,6-7,9,14H2,1-5H3,(H2,22,24,25). The molecular formula is C20H32N6. The van der Waals surface area contributed by atoms with Gasteiger partial charge >= 0.3 is 0 Å². The van der Waals surface area contributed by atoms with E-state index in [1.807, 2.05) is 29.1 Å². The molecule has 0 saturated carbocycles. The smallest absolute Gasteiger partial charge is 0.191 e. The van der Waals surface area contributed by atoms with E-state index < -0.39 is 0 Å². The van der Waals surface area contributed by atoms with Crippen molar-refractivity contribution < 1.29 is 0 Å². The van der Waals surface area contributed by atoms with Gasteiger partial charge < -0.3 is 10.6 Å². The zero-order valence-electron chi connectivity index (χ0n) is 16.7. The molecule has 1 atom stereocenters. The molecule has 0 saturated heterocycles. The van der Waals surface area contributed by atoms with Gasteiger partial charge in [0.05, 0.1) is 6.54 Å². The second-order valence-electron chi connectivity index (χ2n) is 7.83. The van der Waals surface area contributed by atoms with Crippen LogP contribution in [0.3, 0.4) is 0 Å². The number of aliphatic imine (C=N–C) groups is 1. The first kappa shape index (κ1) is 19.9. The highest BCUT2D eigenvalue weighted by Gasteiger charge is 2.13. The molecule has 2 heterocycles. The molecule has 0 radical (unpaired) electrons. The lowest BCUT2D eigenvalue weighted by atomic mass is 9.89. The van der Waals surface area contributed by atoms with E-state index in [-0.39, 0.29) is 0 Å². The summed E-state index contributed by atoms with van der Waals surface area (Å²) >= 11 is 0. The minimum atomic E-state index is 0.353. The molecule has 0 aromatic carbocycles. The highest BCUT2D eigenvalue weighted by Crippen LogP contribution is 2.21. The molecule has 0 aliphatic heterocycles. The van der Waals surface area contributed by atoms with E-state index in [1.54, 1.807) is 12.5 Å². The Labute approximate surface area is 157 Å². The maximum Gasteiger partial charge on any atom is 0.191 e. The fourth-order valence-electron chi connectivity index (χ4n) is 2.54. The normalized spacial score (nSPS) is 13.5. The van der Waals surface area contributed by atoms with Crippen molar-refractivity contribution in [1.82, 2.24) is 25.2 Å². The SMILES string of the molecule is CCNC(=NCc1ccnc(-n2ccnc2)c1)NC(C)CCC(C)(C)C. The fraction of sp³-hybridized carbons (Fsp3) is 0.550.